The van der Waals surface area contributed by atoms with E-state index in [0.29, 0.717) is 5.82 Å². The molecule has 288 valence electrons. The average molecular weight is 790 g/mol. The molecule has 0 N–H and O–H groups in total. The van der Waals surface area contributed by atoms with Crippen molar-refractivity contribution in [3.05, 3.63) is 212 Å². The summed E-state index contributed by atoms with van der Waals surface area (Å²) in [6, 6.07) is 75.6. The molecule has 0 aliphatic rings. The molecule has 4 nitrogen and oxygen atoms in total. The standard InChI is InChI=1S/C58H35N3O/c1-4-13-36(14-5-1)38-17-10-18-41(31-38)50-35-51(60-58(59-50)37-15-6-2-7-16-37)42-27-30-53-49(34-42)48-33-40(26-29-52(48)61(53)43-19-8-3-9-20-43)39-25-28-44-45-21-11-23-54-56(45)57-46(47(44)32-39)22-12-24-55(57)62-54/h1-35H. The molecule has 0 saturated carbocycles. The van der Waals surface area contributed by atoms with Gasteiger partial charge in [0.1, 0.15) is 11.2 Å². The Morgan fingerprint density at radius 3 is 1.47 bits per heavy atom. The summed E-state index contributed by atoms with van der Waals surface area (Å²) in [6.07, 6.45) is 0. The first-order valence-corrected chi connectivity index (χ1v) is 21.1. The van der Waals surface area contributed by atoms with Gasteiger partial charge in [-0.15, -0.1) is 0 Å². The number of hydrogen-bond acceptors (Lipinski definition) is 3. The topological polar surface area (TPSA) is 43.9 Å². The summed E-state index contributed by atoms with van der Waals surface area (Å²) >= 11 is 0. The highest BCUT2D eigenvalue weighted by molar-refractivity contribution is 6.33. The van der Waals surface area contributed by atoms with Crippen molar-refractivity contribution in [3.63, 3.8) is 0 Å². The molecule has 0 aliphatic heterocycles. The van der Waals surface area contributed by atoms with Gasteiger partial charge < -0.3 is 8.98 Å². The van der Waals surface area contributed by atoms with E-state index in [4.69, 9.17) is 14.4 Å². The largest absolute Gasteiger partial charge is 0.456 e. The van der Waals surface area contributed by atoms with E-state index in [2.05, 4.69) is 199 Å². The van der Waals surface area contributed by atoms with E-state index in [9.17, 15) is 0 Å². The molecule has 0 spiro atoms. The second-order valence-electron chi connectivity index (χ2n) is 16.1. The molecule has 4 heteroatoms. The Bertz CT molecular complexity index is 3850. The van der Waals surface area contributed by atoms with E-state index in [1.54, 1.807) is 0 Å². The number of nitrogens with zero attached hydrogens (tertiary/aromatic N) is 3. The molecule has 62 heavy (non-hydrogen) atoms. The third kappa shape index (κ3) is 5.40. The van der Waals surface area contributed by atoms with Crippen molar-refractivity contribution in [1.29, 1.82) is 0 Å². The summed E-state index contributed by atoms with van der Waals surface area (Å²) in [4.78, 5) is 10.4. The molecule has 13 aromatic rings. The van der Waals surface area contributed by atoms with Gasteiger partial charge in [0, 0.05) is 43.9 Å². The molecule has 0 saturated heterocycles. The zero-order chi connectivity index (χ0) is 40.7. The molecule has 0 radical (unpaired) electrons. The van der Waals surface area contributed by atoms with Crippen LogP contribution < -0.4 is 0 Å². The van der Waals surface area contributed by atoms with Crippen molar-refractivity contribution in [1.82, 2.24) is 14.5 Å². The lowest BCUT2D eigenvalue weighted by atomic mass is 9.92. The molecule has 3 heterocycles. The van der Waals surface area contributed by atoms with Crippen LogP contribution in [0.5, 0.6) is 0 Å². The Labute approximate surface area is 356 Å². The quantitative estimate of drug-likeness (QED) is 0.158. The maximum atomic E-state index is 6.34. The van der Waals surface area contributed by atoms with Gasteiger partial charge in [-0.05, 0) is 111 Å². The van der Waals surface area contributed by atoms with Crippen LogP contribution in [0.25, 0.3) is 127 Å². The SMILES string of the molecule is c1ccc(-c2cccc(-c3cc(-c4ccc5c(c4)c4cc(-c6ccc7c(c6)c6cccc8oc9cccc7c9c86)ccc4n5-c4ccccc4)nc(-c4ccccc4)n3)c2)cc1. The second kappa shape index (κ2) is 13.6. The first-order valence-electron chi connectivity index (χ1n) is 21.1. The van der Waals surface area contributed by atoms with Crippen LogP contribution in [0.1, 0.15) is 0 Å². The predicted octanol–water partition coefficient (Wildman–Crippen LogP) is 15.6. The number of hydrogen-bond donors (Lipinski definition) is 0. The smallest absolute Gasteiger partial charge is 0.160 e. The normalized spacial score (nSPS) is 11.9. The number of fused-ring (bicyclic) bond motifs is 6. The van der Waals surface area contributed by atoms with Gasteiger partial charge in [-0.25, -0.2) is 9.97 Å². The first kappa shape index (κ1) is 34.5. The van der Waals surface area contributed by atoms with E-state index >= 15 is 0 Å². The summed E-state index contributed by atoms with van der Waals surface area (Å²) < 4.78 is 8.72. The van der Waals surface area contributed by atoms with Gasteiger partial charge in [0.2, 0.25) is 0 Å². The minimum absolute atomic E-state index is 0.694. The number of rotatable bonds is 6. The predicted molar refractivity (Wildman–Crippen MR) is 257 cm³/mol. The molecule has 0 fully saturated rings. The van der Waals surface area contributed by atoms with Crippen LogP contribution in [-0.2, 0) is 0 Å². The lowest BCUT2D eigenvalue weighted by Crippen LogP contribution is -1.96. The van der Waals surface area contributed by atoms with E-state index in [-0.39, 0.29) is 0 Å². The maximum absolute atomic E-state index is 6.34. The third-order valence-corrected chi connectivity index (χ3v) is 12.6. The van der Waals surface area contributed by atoms with E-state index in [1.807, 2.05) is 18.2 Å². The van der Waals surface area contributed by atoms with Crippen LogP contribution in [0, 0.1) is 0 Å². The Morgan fingerprint density at radius 1 is 0.306 bits per heavy atom. The summed E-state index contributed by atoms with van der Waals surface area (Å²) in [5.41, 5.74) is 14.7. The lowest BCUT2D eigenvalue weighted by molar-refractivity contribution is 0.669. The summed E-state index contributed by atoms with van der Waals surface area (Å²) in [5, 5.41) is 9.65. The highest BCUT2D eigenvalue weighted by atomic mass is 16.3. The van der Waals surface area contributed by atoms with Crippen molar-refractivity contribution in [3.8, 4) is 61.8 Å². The molecule has 3 aromatic heterocycles. The molecule has 0 unspecified atom stereocenters. The van der Waals surface area contributed by atoms with Gasteiger partial charge >= 0.3 is 0 Å². The van der Waals surface area contributed by atoms with Gasteiger partial charge in [0.15, 0.2) is 5.82 Å². The van der Waals surface area contributed by atoms with Gasteiger partial charge in [0.25, 0.3) is 0 Å². The Balaban J connectivity index is 1.01. The minimum atomic E-state index is 0.694. The van der Waals surface area contributed by atoms with Crippen molar-refractivity contribution in [2.24, 2.45) is 0 Å². The van der Waals surface area contributed by atoms with Crippen LogP contribution in [-0.4, -0.2) is 14.5 Å². The molecular weight excluding hydrogens is 755 g/mol. The van der Waals surface area contributed by atoms with Crippen LogP contribution >= 0.6 is 0 Å². The van der Waals surface area contributed by atoms with Crippen LogP contribution in [0.2, 0.25) is 0 Å². The fourth-order valence-electron chi connectivity index (χ4n) is 9.66. The van der Waals surface area contributed by atoms with Crippen molar-refractivity contribution in [2.45, 2.75) is 0 Å². The highest BCUT2D eigenvalue weighted by Gasteiger charge is 2.20. The zero-order valence-electron chi connectivity index (χ0n) is 33.5. The second-order valence-corrected chi connectivity index (χ2v) is 16.1. The fourth-order valence-corrected chi connectivity index (χ4v) is 9.66. The van der Waals surface area contributed by atoms with Crippen molar-refractivity contribution >= 4 is 65.3 Å². The number of aromatic nitrogens is 3. The highest BCUT2D eigenvalue weighted by Crippen LogP contribution is 2.44. The zero-order valence-corrected chi connectivity index (χ0v) is 33.5. The fraction of sp³-hybridized carbons (Fsp3) is 0. The number of benzene rings is 10. The van der Waals surface area contributed by atoms with Crippen LogP contribution in [0.4, 0.5) is 0 Å². The minimum Gasteiger partial charge on any atom is -0.456 e. The molecule has 0 bridgehead atoms. The summed E-state index contributed by atoms with van der Waals surface area (Å²) in [5.74, 6) is 0.694. The Morgan fingerprint density at radius 2 is 0.790 bits per heavy atom. The van der Waals surface area contributed by atoms with Gasteiger partial charge in [0.05, 0.1) is 22.4 Å². The molecule has 0 atom stereocenters. The molecule has 0 amide bonds. The molecular formula is C58H35N3O. The van der Waals surface area contributed by atoms with Crippen molar-refractivity contribution < 1.29 is 4.42 Å². The van der Waals surface area contributed by atoms with Crippen LogP contribution in [0.3, 0.4) is 0 Å². The van der Waals surface area contributed by atoms with Crippen molar-refractivity contribution in [2.75, 3.05) is 0 Å². The van der Waals surface area contributed by atoms with Gasteiger partial charge in [-0.1, -0.05) is 146 Å². The Kier molecular flexibility index (Phi) is 7.57. The van der Waals surface area contributed by atoms with E-state index in [1.165, 1.54) is 48.8 Å². The molecule has 13 rings (SSSR count). The third-order valence-electron chi connectivity index (χ3n) is 12.6. The number of para-hydroxylation sites is 1. The maximum Gasteiger partial charge on any atom is 0.160 e. The summed E-state index contributed by atoms with van der Waals surface area (Å²) in [6.45, 7) is 0. The first-order chi connectivity index (χ1) is 30.7. The van der Waals surface area contributed by atoms with E-state index in [0.717, 1.165) is 72.5 Å². The average Bonchev–Trinajstić information content (AvgIpc) is 3.90. The van der Waals surface area contributed by atoms with Gasteiger partial charge in [-0.2, -0.15) is 0 Å². The van der Waals surface area contributed by atoms with E-state index < -0.39 is 0 Å². The Hall–Kier alpha value is -8.34. The van der Waals surface area contributed by atoms with Crippen LogP contribution in [0.15, 0.2) is 217 Å². The summed E-state index contributed by atoms with van der Waals surface area (Å²) in [7, 11) is 0. The molecule has 0 aliphatic carbocycles. The van der Waals surface area contributed by atoms with Gasteiger partial charge in [-0.3, -0.25) is 0 Å². The lowest BCUT2D eigenvalue weighted by Gasteiger charge is -2.11. The molecule has 10 aromatic carbocycles. The number of furan rings is 1. The monoisotopic (exact) mass is 789 g/mol.